The summed E-state index contributed by atoms with van der Waals surface area (Å²) in [6.45, 7) is 11.2. The molecule has 0 aromatic heterocycles. The highest BCUT2D eigenvalue weighted by atomic mass is 14.5. The van der Waals surface area contributed by atoms with Crippen LogP contribution in [0.2, 0.25) is 0 Å². The molecular weight excluding hydrogens is 661 g/mol. The van der Waals surface area contributed by atoms with E-state index in [4.69, 9.17) is 0 Å². The summed E-state index contributed by atoms with van der Waals surface area (Å²) < 4.78 is 0. The Labute approximate surface area is 327 Å². The van der Waals surface area contributed by atoms with Gasteiger partial charge in [-0.05, 0) is 106 Å². The lowest BCUT2D eigenvalue weighted by atomic mass is 9.70. The predicted octanol–water partition coefficient (Wildman–Crippen LogP) is 14.4. The van der Waals surface area contributed by atoms with E-state index in [0.717, 1.165) is 0 Å². The molecule has 0 unspecified atom stereocenters. The SMILES string of the molecule is Cc1ccc(-c2ccccc2)cc1.Cc1ccc2c(c1)C1(c3ccccc3-c3ccccc31)c1ccccc1-2.Cc1ccc2c(c1)C1=C(CCC=C1)C2(C)C. The molecule has 0 saturated carbocycles. The average molecular weight is 709 g/mol. The maximum absolute atomic E-state index is 2.40. The van der Waals surface area contributed by atoms with Gasteiger partial charge in [-0.2, -0.15) is 0 Å². The van der Waals surface area contributed by atoms with E-state index in [-0.39, 0.29) is 10.8 Å². The van der Waals surface area contributed by atoms with Gasteiger partial charge in [-0.1, -0.05) is 212 Å². The Morgan fingerprint density at radius 1 is 0.400 bits per heavy atom. The van der Waals surface area contributed by atoms with Crippen LogP contribution in [0.25, 0.3) is 39.0 Å². The average Bonchev–Trinajstić information content (AvgIpc) is 3.77. The van der Waals surface area contributed by atoms with Crippen molar-refractivity contribution in [3.8, 4) is 33.4 Å². The third-order valence-corrected chi connectivity index (χ3v) is 12.4. The normalized spacial score (nSPS) is 15.4. The maximum Gasteiger partial charge on any atom is 0.0725 e. The molecule has 0 amide bonds. The summed E-state index contributed by atoms with van der Waals surface area (Å²) in [5, 5.41) is 0. The van der Waals surface area contributed by atoms with Crippen molar-refractivity contribution in [2.75, 3.05) is 0 Å². The number of fused-ring (bicyclic) bond motifs is 12. The summed E-state index contributed by atoms with van der Waals surface area (Å²) in [5.74, 6) is 0. The van der Waals surface area contributed by atoms with Gasteiger partial charge in [0.25, 0.3) is 0 Å². The molecule has 0 nitrogen and oxygen atoms in total. The van der Waals surface area contributed by atoms with Crippen LogP contribution in [0, 0.1) is 20.8 Å². The van der Waals surface area contributed by atoms with Crippen LogP contribution < -0.4 is 0 Å². The van der Waals surface area contributed by atoms with E-state index < -0.39 is 0 Å². The van der Waals surface area contributed by atoms with E-state index >= 15 is 0 Å². The molecule has 0 bridgehead atoms. The number of benzene rings is 7. The standard InChI is InChI=1S/C26H18.C16H18.C13H12/c1-17-14-15-21-20-10-4-7-13-24(20)26(25(21)16-17)22-11-5-2-8-18(22)19-9-3-6-12-23(19)26;1-11-8-9-15-13(10-11)12-6-4-5-7-14(12)16(15,2)3;1-11-7-9-13(10-8-11)12-5-3-2-4-6-12/h2-16H,1H3;4,6,8-10H,5,7H2,1-3H3;2-10H,1H3. The van der Waals surface area contributed by atoms with Gasteiger partial charge < -0.3 is 0 Å². The van der Waals surface area contributed by atoms with Gasteiger partial charge in [0, 0.05) is 5.41 Å². The van der Waals surface area contributed by atoms with Gasteiger partial charge in [0.1, 0.15) is 0 Å². The van der Waals surface area contributed by atoms with Crippen LogP contribution in [0.1, 0.15) is 76.8 Å². The summed E-state index contributed by atoms with van der Waals surface area (Å²) in [5.41, 5.74) is 23.9. The Morgan fingerprint density at radius 2 is 0.891 bits per heavy atom. The lowest BCUT2D eigenvalue weighted by molar-refractivity contribution is 0.607. The molecule has 268 valence electrons. The maximum atomic E-state index is 2.40. The molecule has 0 N–H and O–H groups in total. The van der Waals surface area contributed by atoms with Crippen molar-refractivity contribution in [2.45, 2.75) is 58.3 Å². The summed E-state index contributed by atoms with van der Waals surface area (Å²) in [7, 11) is 0. The molecule has 4 aliphatic rings. The van der Waals surface area contributed by atoms with Crippen molar-refractivity contribution in [3.63, 3.8) is 0 Å². The second-order valence-corrected chi connectivity index (χ2v) is 16.2. The van der Waals surface area contributed by atoms with Gasteiger partial charge >= 0.3 is 0 Å². The summed E-state index contributed by atoms with van der Waals surface area (Å²) in [6, 6.07) is 59.7. The number of aryl methyl sites for hydroxylation is 3. The molecule has 0 aliphatic heterocycles. The van der Waals surface area contributed by atoms with E-state index in [0.29, 0.717) is 0 Å². The van der Waals surface area contributed by atoms with Crippen LogP contribution in [0.4, 0.5) is 0 Å². The van der Waals surface area contributed by atoms with Crippen LogP contribution in [0.3, 0.4) is 0 Å². The molecule has 7 aromatic carbocycles. The second-order valence-electron chi connectivity index (χ2n) is 16.2. The molecule has 0 atom stereocenters. The highest BCUT2D eigenvalue weighted by Gasteiger charge is 2.51. The molecule has 55 heavy (non-hydrogen) atoms. The third kappa shape index (κ3) is 5.66. The molecule has 0 saturated heterocycles. The van der Waals surface area contributed by atoms with Gasteiger partial charge in [-0.15, -0.1) is 0 Å². The van der Waals surface area contributed by atoms with E-state index in [1.165, 1.54) is 102 Å². The van der Waals surface area contributed by atoms with Gasteiger partial charge in [-0.3, -0.25) is 0 Å². The zero-order valence-corrected chi connectivity index (χ0v) is 32.7. The van der Waals surface area contributed by atoms with Crippen molar-refractivity contribution < 1.29 is 0 Å². The fraction of sp³-hybridized carbons (Fsp3) is 0.164. The van der Waals surface area contributed by atoms with Crippen molar-refractivity contribution in [1.82, 2.24) is 0 Å². The minimum absolute atomic E-state index is 0.189. The van der Waals surface area contributed by atoms with Crippen LogP contribution >= 0.6 is 0 Å². The Bertz CT molecular complexity index is 2560. The Morgan fingerprint density at radius 3 is 1.51 bits per heavy atom. The van der Waals surface area contributed by atoms with Gasteiger partial charge in [0.15, 0.2) is 0 Å². The molecule has 4 aliphatic carbocycles. The quantitative estimate of drug-likeness (QED) is 0.159. The lowest BCUT2D eigenvalue weighted by Crippen LogP contribution is -2.25. The first-order valence-electron chi connectivity index (χ1n) is 19.8. The molecule has 0 fully saturated rings. The van der Waals surface area contributed by atoms with Crippen LogP contribution in [0.15, 0.2) is 182 Å². The smallest absolute Gasteiger partial charge is 0.0725 e. The molecule has 0 heterocycles. The first-order valence-corrected chi connectivity index (χ1v) is 19.8. The molecule has 0 heteroatoms. The van der Waals surface area contributed by atoms with E-state index in [9.17, 15) is 0 Å². The predicted molar refractivity (Wildman–Crippen MR) is 234 cm³/mol. The second kappa shape index (κ2) is 13.7. The largest absolute Gasteiger partial charge is 0.0836 e. The van der Waals surface area contributed by atoms with Crippen molar-refractivity contribution in [3.05, 3.63) is 232 Å². The molecule has 0 radical (unpaired) electrons. The zero-order chi connectivity index (χ0) is 37.7. The third-order valence-electron chi connectivity index (χ3n) is 12.4. The van der Waals surface area contributed by atoms with Crippen LogP contribution in [0.5, 0.6) is 0 Å². The van der Waals surface area contributed by atoms with Crippen LogP contribution in [-0.4, -0.2) is 0 Å². The Balaban J connectivity index is 0.000000117. The Kier molecular flexibility index (Phi) is 8.66. The monoisotopic (exact) mass is 708 g/mol. The zero-order valence-electron chi connectivity index (χ0n) is 32.7. The fourth-order valence-electron chi connectivity index (χ4n) is 9.74. The summed E-state index contributed by atoms with van der Waals surface area (Å²) >= 11 is 0. The molecule has 7 aromatic rings. The topological polar surface area (TPSA) is 0 Å². The van der Waals surface area contributed by atoms with Crippen molar-refractivity contribution in [1.29, 1.82) is 0 Å². The fourth-order valence-corrected chi connectivity index (χ4v) is 9.74. The van der Waals surface area contributed by atoms with Gasteiger partial charge in [0.05, 0.1) is 5.41 Å². The minimum Gasteiger partial charge on any atom is -0.0836 e. The van der Waals surface area contributed by atoms with E-state index in [1.54, 1.807) is 5.57 Å². The number of allylic oxidation sites excluding steroid dienone is 4. The Hall–Kier alpha value is -5.98. The summed E-state index contributed by atoms with van der Waals surface area (Å²) in [4.78, 5) is 0. The molecule has 1 spiro atoms. The van der Waals surface area contributed by atoms with Crippen molar-refractivity contribution >= 4 is 5.57 Å². The first-order chi connectivity index (χ1) is 26.8. The molecular formula is C55H48. The highest BCUT2D eigenvalue weighted by Crippen LogP contribution is 2.62. The van der Waals surface area contributed by atoms with Crippen LogP contribution in [-0.2, 0) is 10.8 Å². The molecule has 11 rings (SSSR count). The van der Waals surface area contributed by atoms with Gasteiger partial charge in [-0.25, -0.2) is 0 Å². The summed E-state index contributed by atoms with van der Waals surface area (Å²) in [6.07, 6.45) is 7.07. The van der Waals surface area contributed by atoms with E-state index in [2.05, 4.69) is 204 Å². The minimum atomic E-state index is -0.189. The van der Waals surface area contributed by atoms with E-state index in [1.807, 2.05) is 6.07 Å². The number of hydrogen-bond acceptors (Lipinski definition) is 0. The van der Waals surface area contributed by atoms with Gasteiger partial charge in [0.2, 0.25) is 0 Å². The first kappa shape index (κ1) is 34.8. The number of rotatable bonds is 1. The number of hydrogen-bond donors (Lipinski definition) is 0. The lowest BCUT2D eigenvalue weighted by Gasteiger charge is -2.30. The van der Waals surface area contributed by atoms with Crippen molar-refractivity contribution in [2.24, 2.45) is 0 Å². The highest BCUT2D eigenvalue weighted by molar-refractivity contribution is 5.95.